The number of carbonyl (C=O) groups is 1. The van der Waals surface area contributed by atoms with Gasteiger partial charge < -0.3 is 10.3 Å². The first kappa shape index (κ1) is 14.1. The average molecular weight is 345 g/mol. The number of hydrogen-bond donors (Lipinski definition) is 2. The van der Waals surface area contributed by atoms with Crippen LogP contribution in [0, 0.1) is 6.92 Å². The van der Waals surface area contributed by atoms with Crippen molar-refractivity contribution in [3.8, 4) is 0 Å². The number of aromatic amines is 1. The van der Waals surface area contributed by atoms with E-state index in [-0.39, 0.29) is 5.91 Å². The summed E-state index contributed by atoms with van der Waals surface area (Å²) in [6, 6.07) is 7.99. The minimum Gasteiger partial charge on any atom is -0.359 e. The smallest absolute Gasteiger partial charge is 0.256 e. The van der Waals surface area contributed by atoms with Crippen molar-refractivity contribution in [3.63, 3.8) is 0 Å². The summed E-state index contributed by atoms with van der Waals surface area (Å²) < 4.78 is 0.960. The minimum absolute atomic E-state index is 0.0509. The molecular weight excluding hydrogens is 328 g/mol. The van der Waals surface area contributed by atoms with Crippen molar-refractivity contribution in [1.82, 2.24) is 4.98 Å². The summed E-state index contributed by atoms with van der Waals surface area (Å²) >= 11 is 3.43. The predicted octanol–water partition coefficient (Wildman–Crippen LogP) is 4.70. The fourth-order valence-electron chi connectivity index (χ4n) is 2.68. The number of amides is 1. The van der Waals surface area contributed by atoms with Gasteiger partial charge in [-0.05, 0) is 42.7 Å². The SMILES string of the molecule is Cc1cc(C(C)C)c(C=C2C(=O)Nc3cc(Br)ccc32)[nH]1. The van der Waals surface area contributed by atoms with E-state index >= 15 is 0 Å². The Bertz CT molecular complexity index is 756. The first-order valence-electron chi connectivity index (χ1n) is 6.98. The molecule has 1 aliphatic rings. The standard InChI is InChI=1S/C17H17BrN2O/c1-9(2)13-6-10(3)19-16(13)8-14-12-5-4-11(18)7-15(12)20-17(14)21/h4-9,19H,1-3H3,(H,20,21). The Balaban J connectivity index is 2.11. The van der Waals surface area contributed by atoms with Crippen LogP contribution in [0.2, 0.25) is 0 Å². The van der Waals surface area contributed by atoms with E-state index in [1.54, 1.807) is 0 Å². The van der Waals surface area contributed by atoms with Crippen LogP contribution in [0.25, 0.3) is 11.6 Å². The minimum atomic E-state index is -0.0509. The summed E-state index contributed by atoms with van der Waals surface area (Å²) in [5.74, 6) is 0.362. The molecule has 0 radical (unpaired) electrons. The van der Waals surface area contributed by atoms with Gasteiger partial charge in [-0.3, -0.25) is 4.79 Å². The van der Waals surface area contributed by atoms with E-state index in [1.807, 2.05) is 31.2 Å². The Morgan fingerprint density at radius 3 is 2.71 bits per heavy atom. The lowest BCUT2D eigenvalue weighted by Crippen LogP contribution is -2.03. The first-order valence-corrected chi connectivity index (χ1v) is 7.77. The maximum Gasteiger partial charge on any atom is 0.256 e. The molecule has 0 aliphatic carbocycles. The lowest BCUT2D eigenvalue weighted by molar-refractivity contribution is -0.110. The van der Waals surface area contributed by atoms with E-state index in [0.29, 0.717) is 11.5 Å². The number of aromatic nitrogens is 1. The zero-order valence-electron chi connectivity index (χ0n) is 12.3. The van der Waals surface area contributed by atoms with Crippen molar-refractivity contribution < 1.29 is 4.79 Å². The quantitative estimate of drug-likeness (QED) is 0.762. The van der Waals surface area contributed by atoms with E-state index < -0.39 is 0 Å². The predicted molar refractivity (Wildman–Crippen MR) is 90.3 cm³/mol. The van der Waals surface area contributed by atoms with Crippen LogP contribution in [-0.2, 0) is 4.79 Å². The largest absolute Gasteiger partial charge is 0.359 e. The lowest BCUT2D eigenvalue weighted by Gasteiger charge is -2.04. The molecule has 4 heteroatoms. The second-order valence-corrected chi connectivity index (χ2v) is 6.59. The van der Waals surface area contributed by atoms with Crippen molar-refractivity contribution >= 4 is 39.2 Å². The van der Waals surface area contributed by atoms with Crippen LogP contribution in [0.5, 0.6) is 0 Å². The molecule has 0 saturated heterocycles. The zero-order valence-corrected chi connectivity index (χ0v) is 13.8. The van der Waals surface area contributed by atoms with Gasteiger partial charge in [0, 0.05) is 21.4 Å². The van der Waals surface area contributed by atoms with Crippen LogP contribution < -0.4 is 5.32 Å². The molecule has 2 aromatic rings. The van der Waals surface area contributed by atoms with Gasteiger partial charge in [-0.15, -0.1) is 0 Å². The number of anilines is 1. The highest BCUT2D eigenvalue weighted by Crippen LogP contribution is 2.35. The molecule has 1 aromatic heterocycles. The number of hydrogen-bond acceptors (Lipinski definition) is 1. The summed E-state index contributed by atoms with van der Waals surface area (Å²) in [6.07, 6.45) is 1.96. The average Bonchev–Trinajstić information content (AvgIpc) is 2.91. The second kappa shape index (κ2) is 5.19. The number of aryl methyl sites for hydroxylation is 1. The van der Waals surface area contributed by atoms with Gasteiger partial charge in [-0.25, -0.2) is 0 Å². The molecule has 2 heterocycles. The van der Waals surface area contributed by atoms with Crippen molar-refractivity contribution in [2.24, 2.45) is 0 Å². The third kappa shape index (κ3) is 2.56. The van der Waals surface area contributed by atoms with Gasteiger partial charge in [0.25, 0.3) is 5.91 Å². The Labute approximate surface area is 132 Å². The molecule has 0 atom stereocenters. The van der Waals surface area contributed by atoms with E-state index in [1.165, 1.54) is 5.56 Å². The Morgan fingerprint density at radius 2 is 2.00 bits per heavy atom. The Morgan fingerprint density at radius 1 is 1.24 bits per heavy atom. The van der Waals surface area contributed by atoms with Crippen LogP contribution in [0.3, 0.4) is 0 Å². The third-order valence-electron chi connectivity index (χ3n) is 3.69. The van der Waals surface area contributed by atoms with Gasteiger partial charge in [0.15, 0.2) is 0 Å². The lowest BCUT2D eigenvalue weighted by atomic mass is 10.00. The number of H-pyrrole nitrogens is 1. The van der Waals surface area contributed by atoms with Crippen molar-refractivity contribution in [2.75, 3.05) is 5.32 Å². The normalized spacial score (nSPS) is 15.7. The van der Waals surface area contributed by atoms with Crippen molar-refractivity contribution in [1.29, 1.82) is 0 Å². The molecule has 108 valence electrons. The van der Waals surface area contributed by atoms with Gasteiger partial charge in [-0.1, -0.05) is 35.8 Å². The molecule has 0 spiro atoms. The van der Waals surface area contributed by atoms with Gasteiger partial charge in [-0.2, -0.15) is 0 Å². The molecular formula is C17H17BrN2O. The maximum absolute atomic E-state index is 12.2. The molecule has 3 rings (SSSR count). The van der Waals surface area contributed by atoms with Gasteiger partial charge in [0.1, 0.15) is 0 Å². The number of nitrogens with one attached hydrogen (secondary N) is 2. The van der Waals surface area contributed by atoms with Crippen molar-refractivity contribution in [2.45, 2.75) is 26.7 Å². The van der Waals surface area contributed by atoms with Crippen LogP contribution in [-0.4, -0.2) is 10.9 Å². The molecule has 1 amide bonds. The van der Waals surface area contributed by atoms with Crippen LogP contribution in [0.1, 0.15) is 42.3 Å². The summed E-state index contributed by atoms with van der Waals surface area (Å²) in [5.41, 5.74) is 5.88. The number of carbonyl (C=O) groups excluding carboxylic acids is 1. The molecule has 0 fully saturated rings. The van der Waals surface area contributed by atoms with E-state index in [2.05, 4.69) is 46.1 Å². The number of halogens is 1. The van der Waals surface area contributed by atoms with Gasteiger partial charge >= 0.3 is 0 Å². The monoisotopic (exact) mass is 344 g/mol. The summed E-state index contributed by atoms with van der Waals surface area (Å²) in [5, 5.41) is 2.91. The fourth-order valence-corrected chi connectivity index (χ4v) is 3.04. The number of benzene rings is 1. The van der Waals surface area contributed by atoms with Gasteiger partial charge in [0.2, 0.25) is 0 Å². The molecule has 0 bridgehead atoms. The Kier molecular flexibility index (Phi) is 3.49. The fraction of sp³-hybridized carbons (Fsp3) is 0.235. The summed E-state index contributed by atoms with van der Waals surface area (Å²) in [6.45, 7) is 6.35. The molecule has 1 aliphatic heterocycles. The molecule has 1 aromatic carbocycles. The topological polar surface area (TPSA) is 44.9 Å². The molecule has 0 saturated carbocycles. The highest BCUT2D eigenvalue weighted by atomic mass is 79.9. The molecule has 0 unspecified atom stereocenters. The summed E-state index contributed by atoms with van der Waals surface area (Å²) in [7, 11) is 0. The van der Waals surface area contributed by atoms with Crippen LogP contribution in [0.15, 0.2) is 28.7 Å². The van der Waals surface area contributed by atoms with Gasteiger partial charge in [0.05, 0.1) is 11.3 Å². The third-order valence-corrected chi connectivity index (χ3v) is 4.18. The van der Waals surface area contributed by atoms with E-state index in [4.69, 9.17) is 0 Å². The molecule has 2 N–H and O–H groups in total. The zero-order chi connectivity index (χ0) is 15.1. The maximum atomic E-state index is 12.2. The summed E-state index contributed by atoms with van der Waals surface area (Å²) in [4.78, 5) is 15.6. The van der Waals surface area contributed by atoms with E-state index in [0.717, 1.165) is 27.1 Å². The van der Waals surface area contributed by atoms with E-state index in [9.17, 15) is 4.79 Å². The Hall–Kier alpha value is -1.81. The number of rotatable bonds is 2. The van der Waals surface area contributed by atoms with Crippen molar-refractivity contribution in [3.05, 3.63) is 51.3 Å². The molecule has 21 heavy (non-hydrogen) atoms. The number of fused-ring (bicyclic) bond motifs is 1. The highest BCUT2D eigenvalue weighted by Gasteiger charge is 2.24. The molecule has 3 nitrogen and oxygen atoms in total. The van der Waals surface area contributed by atoms with Crippen LogP contribution in [0.4, 0.5) is 5.69 Å². The second-order valence-electron chi connectivity index (χ2n) is 5.68. The highest BCUT2D eigenvalue weighted by molar-refractivity contribution is 9.10. The first-order chi connectivity index (χ1) is 9.95. The van der Waals surface area contributed by atoms with Crippen LogP contribution >= 0.6 is 15.9 Å².